The van der Waals surface area contributed by atoms with Crippen LogP contribution in [0.2, 0.25) is 0 Å². The fourth-order valence-electron chi connectivity index (χ4n) is 4.88. The van der Waals surface area contributed by atoms with Crippen LogP contribution < -0.4 is 0 Å². The maximum Gasteiger partial charge on any atom is 0.336 e. The van der Waals surface area contributed by atoms with E-state index in [2.05, 4.69) is 34.2 Å². The predicted molar refractivity (Wildman–Crippen MR) is 145 cm³/mol. The largest absolute Gasteiger partial charge is 0.478 e. The Hall–Kier alpha value is -5.23. The molecule has 0 aliphatic carbocycles. The van der Waals surface area contributed by atoms with Crippen molar-refractivity contribution in [3.05, 3.63) is 109 Å². The van der Waals surface area contributed by atoms with Crippen molar-refractivity contribution in [2.45, 2.75) is 0 Å². The maximum absolute atomic E-state index is 11.8. The summed E-state index contributed by atoms with van der Waals surface area (Å²) in [5.41, 5.74) is 6.75. The third-order valence-corrected chi connectivity index (χ3v) is 6.67. The number of aromatic carboxylic acids is 1. The molecule has 0 radical (unpaired) electrons. The van der Waals surface area contributed by atoms with Crippen molar-refractivity contribution in [1.29, 1.82) is 0 Å². The summed E-state index contributed by atoms with van der Waals surface area (Å²) >= 11 is 0. The summed E-state index contributed by atoms with van der Waals surface area (Å²) in [6.07, 6.45) is 3.45. The molecule has 4 aromatic heterocycles. The van der Waals surface area contributed by atoms with Gasteiger partial charge in [-0.25, -0.2) is 14.8 Å². The van der Waals surface area contributed by atoms with Gasteiger partial charge in [0.15, 0.2) is 0 Å². The zero-order valence-corrected chi connectivity index (χ0v) is 19.5. The van der Waals surface area contributed by atoms with Crippen molar-refractivity contribution in [1.82, 2.24) is 19.9 Å². The Balaban J connectivity index is 1.38. The van der Waals surface area contributed by atoms with E-state index in [4.69, 9.17) is 9.97 Å². The topological polar surface area (TPSA) is 88.9 Å². The van der Waals surface area contributed by atoms with Crippen LogP contribution >= 0.6 is 0 Å². The van der Waals surface area contributed by atoms with Gasteiger partial charge in [-0.3, -0.25) is 9.97 Å². The first kappa shape index (κ1) is 21.1. The summed E-state index contributed by atoms with van der Waals surface area (Å²) in [5.74, 6) is -0.984. The lowest BCUT2D eigenvalue weighted by atomic mass is 10.0. The highest BCUT2D eigenvalue weighted by Gasteiger charge is 2.15. The third kappa shape index (κ3) is 3.46. The number of carbonyl (C=O) groups is 1. The van der Waals surface area contributed by atoms with Gasteiger partial charge in [0.05, 0.1) is 39.0 Å². The molecule has 7 aromatic rings. The Labute approximate surface area is 210 Å². The highest BCUT2D eigenvalue weighted by Crippen LogP contribution is 2.31. The summed E-state index contributed by atoms with van der Waals surface area (Å²) in [6.45, 7) is 0. The van der Waals surface area contributed by atoms with E-state index < -0.39 is 5.97 Å². The highest BCUT2D eigenvalue weighted by molar-refractivity contribution is 6.13. The second-order valence-electron chi connectivity index (χ2n) is 8.89. The van der Waals surface area contributed by atoms with Gasteiger partial charge in [0, 0.05) is 45.1 Å². The van der Waals surface area contributed by atoms with E-state index in [0.29, 0.717) is 16.4 Å². The van der Waals surface area contributed by atoms with Gasteiger partial charge in [-0.2, -0.15) is 0 Å². The van der Waals surface area contributed by atoms with Crippen molar-refractivity contribution in [3.8, 4) is 22.5 Å². The summed E-state index contributed by atoms with van der Waals surface area (Å²) in [4.78, 5) is 30.7. The standard InChI is InChI=1S/C31H18N4O2/c36-31(37)24-17-22-11-13-26(35-29(22)30-23(24)7-3-15-33-30)21-5-1-4-20(16-21)25-12-10-19-9-8-18-6-2-14-32-27(18)28(19)34-25/h1-17H,(H,36,37). The smallest absolute Gasteiger partial charge is 0.336 e. The predicted octanol–water partition coefficient (Wildman–Crippen LogP) is 6.91. The Morgan fingerprint density at radius 2 is 1.16 bits per heavy atom. The van der Waals surface area contributed by atoms with E-state index in [9.17, 15) is 9.90 Å². The number of aromatic nitrogens is 4. The monoisotopic (exact) mass is 478 g/mol. The van der Waals surface area contributed by atoms with Gasteiger partial charge in [-0.05, 0) is 36.4 Å². The van der Waals surface area contributed by atoms with E-state index in [0.717, 1.165) is 49.7 Å². The van der Waals surface area contributed by atoms with Crippen LogP contribution in [0.5, 0.6) is 0 Å². The van der Waals surface area contributed by atoms with Gasteiger partial charge in [-0.1, -0.05) is 54.6 Å². The molecular weight excluding hydrogens is 460 g/mol. The molecule has 0 aliphatic rings. The minimum Gasteiger partial charge on any atom is -0.478 e. The molecule has 0 unspecified atom stereocenters. The first-order valence-electron chi connectivity index (χ1n) is 11.8. The number of pyridine rings is 4. The van der Waals surface area contributed by atoms with Gasteiger partial charge >= 0.3 is 5.97 Å². The molecule has 37 heavy (non-hydrogen) atoms. The van der Waals surface area contributed by atoms with Crippen LogP contribution in [-0.4, -0.2) is 31.0 Å². The molecule has 1 N–H and O–H groups in total. The second-order valence-corrected chi connectivity index (χ2v) is 8.89. The number of carboxylic acids is 1. The molecule has 0 aliphatic heterocycles. The maximum atomic E-state index is 11.8. The average molecular weight is 479 g/mol. The Bertz CT molecular complexity index is 2030. The molecule has 3 aromatic carbocycles. The van der Waals surface area contributed by atoms with Crippen LogP contribution in [0.4, 0.5) is 0 Å². The Morgan fingerprint density at radius 3 is 1.89 bits per heavy atom. The molecule has 7 rings (SSSR count). The molecule has 174 valence electrons. The van der Waals surface area contributed by atoms with Crippen molar-refractivity contribution < 1.29 is 9.90 Å². The van der Waals surface area contributed by atoms with Crippen molar-refractivity contribution in [3.63, 3.8) is 0 Å². The summed E-state index contributed by atoms with van der Waals surface area (Å²) in [5, 5.41) is 13.1. The molecule has 0 saturated heterocycles. The normalized spacial score (nSPS) is 11.5. The molecule has 0 saturated carbocycles. The van der Waals surface area contributed by atoms with Gasteiger partial charge in [0.2, 0.25) is 0 Å². The van der Waals surface area contributed by atoms with Crippen LogP contribution in [0.15, 0.2) is 103 Å². The first-order valence-corrected chi connectivity index (χ1v) is 11.8. The number of hydrogen-bond acceptors (Lipinski definition) is 5. The molecular formula is C31H18N4O2. The van der Waals surface area contributed by atoms with Crippen molar-refractivity contribution >= 4 is 49.6 Å². The van der Waals surface area contributed by atoms with Crippen molar-refractivity contribution in [2.75, 3.05) is 0 Å². The minimum atomic E-state index is -0.984. The number of nitrogens with zero attached hydrogens (tertiary/aromatic N) is 4. The fraction of sp³-hybridized carbons (Fsp3) is 0. The lowest BCUT2D eigenvalue weighted by Crippen LogP contribution is -2.00. The van der Waals surface area contributed by atoms with Gasteiger partial charge in [0.1, 0.15) is 0 Å². The highest BCUT2D eigenvalue weighted by atomic mass is 16.4. The number of rotatable bonds is 3. The van der Waals surface area contributed by atoms with Crippen LogP contribution in [-0.2, 0) is 0 Å². The Kier molecular flexibility index (Phi) is 4.66. The van der Waals surface area contributed by atoms with E-state index in [1.165, 1.54) is 0 Å². The molecule has 6 heteroatoms. The van der Waals surface area contributed by atoms with Crippen LogP contribution in [0.3, 0.4) is 0 Å². The second kappa shape index (κ2) is 8.17. The fourth-order valence-corrected chi connectivity index (χ4v) is 4.88. The molecule has 0 fully saturated rings. The van der Waals surface area contributed by atoms with E-state index in [1.54, 1.807) is 30.6 Å². The lowest BCUT2D eigenvalue weighted by Gasteiger charge is -2.10. The number of fused-ring (bicyclic) bond motifs is 6. The molecule has 0 atom stereocenters. The molecule has 4 heterocycles. The van der Waals surface area contributed by atoms with E-state index in [1.807, 2.05) is 48.5 Å². The van der Waals surface area contributed by atoms with E-state index >= 15 is 0 Å². The van der Waals surface area contributed by atoms with E-state index in [-0.39, 0.29) is 5.56 Å². The first-order chi connectivity index (χ1) is 18.2. The van der Waals surface area contributed by atoms with Crippen molar-refractivity contribution in [2.24, 2.45) is 0 Å². The third-order valence-electron chi connectivity index (χ3n) is 6.67. The quantitative estimate of drug-likeness (QED) is 0.278. The summed E-state index contributed by atoms with van der Waals surface area (Å²) < 4.78 is 0. The zero-order valence-electron chi connectivity index (χ0n) is 19.5. The summed E-state index contributed by atoms with van der Waals surface area (Å²) in [7, 11) is 0. The van der Waals surface area contributed by atoms with Gasteiger partial charge < -0.3 is 5.11 Å². The lowest BCUT2D eigenvalue weighted by molar-refractivity contribution is 0.0699. The average Bonchev–Trinajstić information content (AvgIpc) is 2.96. The minimum absolute atomic E-state index is 0.219. The number of hydrogen-bond donors (Lipinski definition) is 1. The van der Waals surface area contributed by atoms with Gasteiger partial charge in [0.25, 0.3) is 0 Å². The molecule has 0 spiro atoms. The van der Waals surface area contributed by atoms with Crippen LogP contribution in [0.25, 0.3) is 66.1 Å². The van der Waals surface area contributed by atoms with Crippen LogP contribution in [0.1, 0.15) is 10.4 Å². The van der Waals surface area contributed by atoms with Gasteiger partial charge in [-0.15, -0.1) is 0 Å². The number of benzene rings is 3. The molecule has 0 amide bonds. The molecule has 6 nitrogen and oxygen atoms in total. The zero-order chi connectivity index (χ0) is 24.9. The van der Waals surface area contributed by atoms with Crippen LogP contribution in [0, 0.1) is 0 Å². The Morgan fingerprint density at radius 1 is 0.568 bits per heavy atom. The molecule has 0 bridgehead atoms. The number of carboxylic acid groups (broad SMARTS) is 1. The summed E-state index contributed by atoms with van der Waals surface area (Å²) in [6, 6.07) is 29.3. The SMILES string of the molecule is O=C(O)c1cc2ccc(-c3cccc(-c4ccc5ccc6cccnc6c5n4)c3)nc2c2ncccc12.